The van der Waals surface area contributed by atoms with Crippen LogP contribution >= 0.6 is 0 Å². The van der Waals surface area contributed by atoms with Gasteiger partial charge in [-0.15, -0.1) is 0 Å². The number of hydrogen-bond acceptors (Lipinski definition) is 4. The van der Waals surface area contributed by atoms with Crippen molar-refractivity contribution in [1.29, 1.82) is 0 Å². The summed E-state index contributed by atoms with van der Waals surface area (Å²) in [5.74, 6) is -1.11. The number of benzene rings is 4. The smallest absolute Gasteiger partial charge is 0.305 e. The van der Waals surface area contributed by atoms with E-state index in [-0.39, 0.29) is 35.6 Å². The molecule has 0 spiro atoms. The van der Waals surface area contributed by atoms with Crippen molar-refractivity contribution >= 4 is 44.8 Å². The largest absolute Gasteiger partial charge is 0.481 e. The van der Waals surface area contributed by atoms with E-state index in [0.29, 0.717) is 13.1 Å². The van der Waals surface area contributed by atoms with Crippen molar-refractivity contribution in [1.82, 2.24) is 0 Å². The maximum atomic E-state index is 11.8. The van der Waals surface area contributed by atoms with Gasteiger partial charge in [-0.3, -0.25) is 9.59 Å². The van der Waals surface area contributed by atoms with Crippen LogP contribution in [0.2, 0.25) is 0 Å². The highest BCUT2D eigenvalue weighted by atomic mass is 16.4. The van der Waals surface area contributed by atoms with Crippen LogP contribution in [0.15, 0.2) is 121 Å². The molecule has 0 radical (unpaired) electrons. The molecule has 0 bridgehead atoms. The third-order valence-electron chi connectivity index (χ3n) is 9.83. The molecule has 0 aromatic heterocycles. The summed E-state index contributed by atoms with van der Waals surface area (Å²) in [4.78, 5) is 27.8. The predicted octanol–water partition coefficient (Wildman–Crippen LogP) is 8.16. The molecule has 1 amide bonds. The molecule has 4 aromatic rings. The predicted molar refractivity (Wildman–Crippen MR) is 194 cm³/mol. The highest BCUT2D eigenvalue weighted by Gasteiger charge is 2.44. The summed E-state index contributed by atoms with van der Waals surface area (Å²) in [7, 11) is 0. The lowest BCUT2D eigenvalue weighted by molar-refractivity contribution is -0.136. The lowest BCUT2D eigenvalue weighted by Crippen LogP contribution is -2.41. The number of rotatable bonds is 10. The van der Waals surface area contributed by atoms with Gasteiger partial charge < -0.3 is 20.6 Å². The van der Waals surface area contributed by atoms with Crippen LogP contribution in [0.5, 0.6) is 0 Å². The summed E-state index contributed by atoms with van der Waals surface area (Å²) >= 11 is 0. The molecule has 6 heteroatoms. The topological polar surface area (TPSA) is 86.9 Å². The molecule has 2 aliphatic rings. The van der Waals surface area contributed by atoms with E-state index in [0.717, 1.165) is 17.1 Å². The van der Waals surface area contributed by atoms with E-state index in [1.165, 1.54) is 32.7 Å². The Kier molecular flexibility index (Phi) is 8.54. The molecule has 0 aliphatic carbocycles. The highest BCUT2D eigenvalue weighted by Crippen LogP contribution is 2.51. The van der Waals surface area contributed by atoms with Crippen LogP contribution in [0, 0.1) is 0 Å². The van der Waals surface area contributed by atoms with Crippen molar-refractivity contribution in [2.45, 2.75) is 57.4 Å². The summed E-state index contributed by atoms with van der Waals surface area (Å²) in [6, 6.07) is 25.4. The standard InChI is InChI=1S/C41H43N3O3/c1-40(2)34(43(26-24-36(42)45)32-22-20-28-14-10-12-16-30(28)38(32)40)18-8-6-5-7-9-19-35-41(3,4)39-31-17-13-11-15-29(31)21-23-33(39)44(35)27-25-37(46)47/h5-23,35H,24-27H2,1-4H3,(H2,42,45)(H,46,47)/b7-5+,8-6+,19-9+,34-18+. The van der Waals surface area contributed by atoms with Gasteiger partial charge in [0.2, 0.25) is 5.91 Å². The molecule has 1 unspecified atom stereocenters. The first-order chi connectivity index (χ1) is 22.5. The fourth-order valence-electron chi connectivity index (χ4n) is 7.69. The van der Waals surface area contributed by atoms with Gasteiger partial charge in [-0.25, -0.2) is 0 Å². The summed E-state index contributed by atoms with van der Waals surface area (Å²) in [6.07, 6.45) is 14.8. The van der Waals surface area contributed by atoms with Gasteiger partial charge in [0.05, 0.1) is 12.5 Å². The fraction of sp³-hybridized carbons (Fsp3) is 0.268. The Bertz CT molecular complexity index is 1980. The SMILES string of the molecule is CC1(C)\C(=C/C=C/C=C/C=C/C2N(CCC(=O)O)c3ccc4ccccc4c3C2(C)C)N(CCC(N)=O)c2ccc3ccccc3c21. The van der Waals surface area contributed by atoms with Crippen LogP contribution in [0.3, 0.4) is 0 Å². The Morgan fingerprint density at radius 3 is 2.00 bits per heavy atom. The third-order valence-corrected chi connectivity index (χ3v) is 9.83. The number of allylic oxidation sites excluding steroid dienone is 7. The van der Waals surface area contributed by atoms with Gasteiger partial charge in [-0.2, -0.15) is 0 Å². The minimum absolute atomic E-state index is 0.00447. The molecule has 0 saturated carbocycles. The minimum Gasteiger partial charge on any atom is -0.481 e. The number of fused-ring (bicyclic) bond motifs is 6. The molecular weight excluding hydrogens is 582 g/mol. The normalized spacial score (nSPS) is 19.1. The van der Waals surface area contributed by atoms with Crippen molar-refractivity contribution in [3.63, 3.8) is 0 Å². The number of carboxylic acids is 1. The number of nitrogens with zero attached hydrogens (tertiary/aromatic N) is 2. The van der Waals surface area contributed by atoms with Gasteiger partial charge >= 0.3 is 5.97 Å². The van der Waals surface area contributed by atoms with Crippen molar-refractivity contribution in [3.8, 4) is 0 Å². The molecule has 1 atom stereocenters. The molecule has 6 nitrogen and oxygen atoms in total. The monoisotopic (exact) mass is 625 g/mol. The number of carbonyl (C=O) groups excluding carboxylic acids is 1. The Labute approximate surface area is 277 Å². The second-order valence-corrected chi connectivity index (χ2v) is 13.6. The number of carbonyl (C=O) groups is 2. The zero-order chi connectivity index (χ0) is 33.3. The summed E-state index contributed by atoms with van der Waals surface area (Å²) in [5.41, 5.74) is 11.0. The Morgan fingerprint density at radius 2 is 1.34 bits per heavy atom. The van der Waals surface area contributed by atoms with Crippen LogP contribution in [-0.2, 0) is 20.4 Å². The van der Waals surface area contributed by atoms with Crippen molar-refractivity contribution in [2.75, 3.05) is 22.9 Å². The first-order valence-corrected chi connectivity index (χ1v) is 16.3. The maximum Gasteiger partial charge on any atom is 0.305 e. The van der Waals surface area contributed by atoms with E-state index in [1.807, 2.05) is 24.3 Å². The molecule has 0 fully saturated rings. The number of anilines is 2. The summed E-state index contributed by atoms with van der Waals surface area (Å²) in [6.45, 7) is 9.94. The third kappa shape index (κ3) is 5.85. The maximum absolute atomic E-state index is 11.8. The molecule has 2 aliphatic heterocycles. The fourth-order valence-corrected chi connectivity index (χ4v) is 7.69. The van der Waals surface area contributed by atoms with E-state index in [1.54, 1.807) is 0 Å². The molecule has 4 aromatic carbocycles. The molecular formula is C41H43N3O3. The second-order valence-electron chi connectivity index (χ2n) is 13.6. The van der Waals surface area contributed by atoms with E-state index in [9.17, 15) is 14.7 Å². The van der Waals surface area contributed by atoms with E-state index < -0.39 is 5.97 Å². The van der Waals surface area contributed by atoms with Crippen molar-refractivity contribution in [2.24, 2.45) is 5.73 Å². The molecule has 47 heavy (non-hydrogen) atoms. The first kappa shape index (κ1) is 31.9. The highest BCUT2D eigenvalue weighted by molar-refractivity contribution is 5.95. The van der Waals surface area contributed by atoms with E-state index >= 15 is 0 Å². The van der Waals surface area contributed by atoms with Gasteiger partial charge in [0.1, 0.15) is 0 Å². The van der Waals surface area contributed by atoms with E-state index in [2.05, 4.69) is 129 Å². The Morgan fingerprint density at radius 1 is 0.745 bits per heavy atom. The van der Waals surface area contributed by atoms with E-state index in [4.69, 9.17) is 5.73 Å². The Hall–Kier alpha value is -5.10. The minimum atomic E-state index is -0.797. The van der Waals surface area contributed by atoms with Crippen LogP contribution in [0.1, 0.15) is 51.7 Å². The second kappa shape index (κ2) is 12.6. The van der Waals surface area contributed by atoms with Crippen LogP contribution in [0.25, 0.3) is 21.5 Å². The number of nitrogens with two attached hydrogens (primary N) is 1. The van der Waals surface area contributed by atoms with Crippen molar-refractivity contribution < 1.29 is 14.7 Å². The first-order valence-electron chi connectivity index (χ1n) is 16.3. The number of amides is 1. The van der Waals surface area contributed by atoms with Crippen LogP contribution < -0.4 is 15.5 Å². The van der Waals surface area contributed by atoms with Crippen LogP contribution in [0.4, 0.5) is 11.4 Å². The molecule has 2 heterocycles. The zero-order valence-corrected chi connectivity index (χ0v) is 27.6. The van der Waals surface area contributed by atoms with Gasteiger partial charge in [0.15, 0.2) is 0 Å². The van der Waals surface area contributed by atoms with Crippen LogP contribution in [-0.4, -0.2) is 36.1 Å². The molecule has 0 saturated heterocycles. The van der Waals surface area contributed by atoms with Gasteiger partial charge in [0, 0.05) is 47.4 Å². The molecule has 240 valence electrons. The average Bonchev–Trinajstić information content (AvgIpc) is 3.40. The lowest BCUT2D eigenvalue weighted by atomic mass is 9.78. The average molecular weight is 626 g/mol. The molecule has 6 rings (SSSR count). The number of primary amides is 1. The number of aliphatic carboxylic acids is 1. The lowest BCUT2D eigenvalue weighted by Gasteiger charge is -2.32. The quantitative estimate of drug-likeness (QED) is 0.174. The summed E-state index contributed by atoms with van der Waals surface area (Å²) in [5, 5.41) is 14.3. The summed E-state index contributed by atoms with van der Waals surface area (Å²) < 4.78 is 0. The number of carboxylic acid groups (broad SMARTS) is 1. The van der Waals surface area contributed by atoms with Gasteiger partial charge in [0.25, 0.3) is 0 Å². The van der Waals surface area contributed by atoms with Crippen molar-refractivity contribution in [3.05, 3.63) is 132 Å². The van der Waals surface area contributed by atoms with Gasteiger partial charge in [-0.1, -0.05) is 125 Å². The number of hydrogen-bond donors (Lipinski definition) is 2. The molecule has 3 N–H and O–H groups in total. The Balaban J connectivity index is 1.25. The zero-order valence-electron chi connectivity index (χ0n) is 27.6. The van der Waals surface area contributed by atoms with Gasteiger partial charge in [-0.05, 0) is 50.9 Å².